The van der Waals surface area contributed by atoms with Gasteiger partial charge < -0.3 is 18.9 Å². The Morgan fingerprint density at radius 1 is 1.07 bits per heavy atom. The first kappa shape index (κ1) is 19.7. The topological polar surface area (TPSA) is 77.7 Å². The van der Waals surface area contributed by atoms with Crippen molar-refractivity contribution in [3.63, 3.8) is 0 Å². The summed E-state index contributed by atoms with van der Waals surface area (Å²) in [4.78, 5) is 18.4. The number of alkyl halides is 3. The first-order valence-corrected chi connectivity index (χ1v) is 8.96. The summed E-state index contributed by atoms with van der Waals surface area (Å²) in [5.41, 5.74) is 1.21. The number of carbonyl (C=O) groups excluding carboxylic acids is 1. The number of amides is 1. The van der Waals surface area contributed by atoms with Crippen molar-refractivity contribution in [3.8, 4) is 22.9 Å². The Balaban J connectivity index is 1.47. The highest BCUT2D eigenvalue weighted by molar-refractivity contribution is 5.96. The van der Waals surface area contributed by atoms with E-state index in [0.717, 1.165) is 5.69 Å². The van der Waals surface area contributed by atoms with Crippen molar-refractivity contribution in [2.75, 3.05) is 18.6 Å². The summed E-state index contributed by atoms with van der Waals surface area (Å²) in [6, 6.07) is 12.3. The number of benzene rings is 2. The van der Waals surface area contributed by atoms with E-state index in [0.29, 0.717) is 23.7 Å². The molecule has 4 rings (SSSR count). The highest BCUT2D eigenvalue weighted by Crippen LogP contribution is 2.33. The molecular weight excluding hydrogens is 403 g/mol. The summed E-state index contributed by atoms with van der Waals surface area (Å²) >= 11 is 0. The number of aromatic nitrogens is 2. The number of hydrogen-bond donors (Lipinski definition) is 0. The van der Waals surface area contributed by atoms with E-state index < -0.39 is 6.36 Å². The predicted octanol–water partition coefficient (Wildman–Crippen LogP) is 4.16. The maximum Gasteiger partial charge on any atom is 0.573 e. The van der Waals surface area contributed by atoms with Gasteiger partial charge in [-0.05, 0) is 48.5 Å². The minimum Gasteiger partial charge on any atom is -0.497 e. The van der Waals surface area contributed by atoms with Crippen molar-refractivity contribution in [2.24, 2.45) is 0 Å². The zero-order valence-corrected chi connectivity index (χ0v) is 15.7. The maximum absolute atomic E-state index is 12.4. The predicted molar refractivity (Wildman–Crippen MR) is 99.1 cm³/mol. The van der Waals surface area contributed by atoms with Crippen LogP contribution in [0.1, 0.15) is 18.2 Å². The number of nitrogens with zero attached hydrogens (tertiary/aromatic N) is 3. The van der Waals surface area contributed by atoms with Crippen LogP contribution < -0.4 is 14.4 Å². The number of ether oxygens (including phenoxy) is 2. The molecule has 3 aromatic rings. The normalized spacial score (nSPS) is 16.7. The van der Waals surface area contributed by atoms with Crippen molar-refractivity contribution in [1.82, 2.24) is 10.1 Å². The van der Waals surface area contributed by atoms with Gasteiger partial charge in [0.15, 0.2) is 0 Å². The zero-order chi connectivity index (χ0) is 21.3. The summed E-state index contributed by atoms with van der Waals surface area (Å²) in [6.45, 7) is 0.380. The lowest BCUT2D eigenvalue weighted by Crippen LogP contribution is -2.24. The Kier molecular flexibility index (Phi) is 5.06. The molecule has 1 unspecified atom stereocenters. The van der Waals surface area contributed by atoms with Crippen LogP contribution in [-0.4, -0.2) is 36.1 Å². The first-order valence-electron chi connectivity index (χ1n) is 8.96. The fraction of sp³-hybridized carbons (Fsp3) is 0.250. The van der Waals surface area contributed by atoms with E-state index in [4.69, 9.17) is 9.26 Å². The number of rotatable bonds is 5. The van der Waals surface area contributed by atoms with Crippen LogP contribution in [0.25, 0.3) is 11.4 Å². The van der Waals surface area contributed by atoms with Crippen molar-refractivity contribution in [1.29, 1.82) is 0 Å². The number of anilines is 1. The second-order valence-electron chi connectivity index (χ2n) is 6.63. The zero-order valence-electron chi connectivity index (χ0n) is 15.7. The van der Waals surface area contributed by atoms with Gasteiger partial charge in [0, 0.05) is 24.2 Å². The van der Waals surface area contributed by atoms with Crippen LogP contribution in [0.15, 0.2) is 53.1 Å². The van der Waals surface area contributed by atoms with Gasteiger partial charge >= 0.3 is 6.36 Å². The maximum atomic E-state index is 12.4. The van der Waals surface area contributed by atoms with Crippen molar-refractivity contribution >= 4 is 11.6 Å². The molecule has 1 saturated heterocycles. The average Bonchev–Trinajstić information content (AvgIpc) is 3.34. The molecule has 1 fully saturated rings. The third kappa shape index (κ3) is 4.22. The second kappa shape index (κ2) is 7.69. The molecule has 0 N–H and O–H groups in total. The molecule has 1 atom stereocenters. The van der Waals surface area contributed by atoms with Crippen molar-refractivity contribution < 1.29 is 32.0 Å². The summed E-state index contributed by atoms with van der Waals surface area (Å²) in [5.74, 6) is 0.512. The van der Waals surface area contributed by atoms with Gasteiger partial charge in [-0.3, -0.25) is 4.79 Å². The molecule has 1 aliphatic heterocycles. The molecule has 0 saturated carbocycles. The monoisotopic (exact) mass is 419 g/mol. The molecule has 7 nitrogen and oxygen atoms in total. The summed E-state index contributed by atoms with van der Waals surface area (Å²) < 4.78 is 51.1. The van der Waals surface area contributed by atoms with E-state index in [1.807, 2.05) is 0 Å². The molecule has 30 heavy (non-hydrogen) atoms. The van der Waals surface area contributed by atoms with Crippen LogP contribution in [0, 0.1) is 0 Å². The molecule has 0 spiro atoms. The highest BCUT2D eigenvalue weighted by atomic mass is 19.4. The molecule has 1 amide bonds. The van der Waals surface area contributed by atoms with Crippen molar-refractivity contribution in [3.05, 3.63) is 54.4 Å². The Bertz CT molecular complexity index is 1030. The molecule has 156 valence electrons. The Morgan fingerprint density at radius 3 is 2.37 bits per heavy atom. The van der Waals surface area contributed by atoms with Gasteiger partial charge in [0.25, 0.3) is 0 Å². The lowest BCUT2D eigenvalue weighted by Gasteiger charge is -2.16. The number of methoxy groups -OCH3 is 1. The van der Waals surface area contributed by atoms with Gasteiger partial charge in [-0.15, -0.1) is 13.2 Å². The van der Waals surface area contributed by atoms with Crippen LogP contribution in [0.2, 0.25) is 0 Å². The standard InChI is InChI=1S/C20H16F3N3O4/c1-28-15-8-4-14(5-9-15)26-11-13(10-17(26)27)19-24-18(25-30-19)12-2-6-16(7-3-12)29-20(21,22)23/h2-9,13H,10-11H2,1H3. The molecule has 0 bridgehead atoms. The fourth-order valence-corrected chi connectivity index (χ4v) is 3.21. The molecule has 1 aromatic heterocycles. The summed E-state index contributed by atoms with van der Waals surface area (Å²) in [5, 5.41) is 3.89. The number of carbonyl (C=O) groups is 1. The fourth-order valence-electron chi connectivity index (χ4n) is 3.21. The van der Waals surface area contributed by atoms with Crippen LogP contribution in [-0.2, 0) is 4.79 Å². The van der Waals surface area contributed by atoms with E-state index in [9.17, 15) is 18.0 Å². The SMILES string of the molecule is COc1ccc(N2CC(c3nc(-c4ccc(OC(F)(F)F)cc4)no3)CC2=O)cc1. The molecule has 10 heteroatoms. The Morgan fingerprint density at radius 2 is 1.73 bits per heavy atom. The minimum atomic E-state index is -4.76. The molecular formula is C20H16F3N3O4. The van der Waals surface area contributed by atoms with Gasteiger partial charge in [-0.1, -0.05) is 5.16 Å². The molecule has 2 heterocycles. The summed E-state index contributed by atoms with van der Waals surface area (Å²) in [6.07, 6.45) is -4.54. The number of hydrogen-bond acceptors (Lipinski definition) is 6. The smallest absolute Gasteiger partial charge is 0.497 e. The third-order valence-corrected chi connectivity index (χ3v) is 4.65. The molecule has 0 aliphatic carbocycles. The molecule has 1 aliphatic rings. The van der Waals surface area contributed by atoms with Crippen LogP contribution in [0.4, 0.5) is 18.9 Å². The Hall–Kier alpha value is -3.56. The summed E-state index contributed by atoms with van der Waals surface area (Å²) in [7, 11) is 1.57. The molecule has 2 aromatic carbocycles. The number of halogens is 3. The van der Waals surface area contributed by atoms with E-state index in [-0.39, 0.29) is 29.8 Å². The third-order valence-electron chi connectivity index (χ3n) is 4.65. The highest BCUT2D eigenvalue weighted by Gasteiger charge is 2.35. The van der Waals surface area contributed by atoms with E-state index >= 15 is 0 Å². The van der Waals surface area contributed by atoms with Crippen molar-refractivity contribution in [2.45, 2.75) is 18.7 Å². The van der Waals surface area contributed by atoms with Gasteiger partial charge in [0.05, 0.1) is 13.0 Å². The first-order chi connectivity index (χ1) is 14.3. The van der Waals surface area contributed by atoms with E-state index in [2.05, 4.69) is 14.9 Å². The van der Waals surface area contributed by atoms with Gasteiger partial charge in [0.2, 0.25) is 17.6 Å². The quantitative estimate of drug-likeness (QED) is 0.618. The molecule has 0 radical (unpaired) electrons. The average molecular weight is 419 g/mol. The second-order valence-corrected chi connectivity index (χ2v) is 6.63. The van der Waals surface area contributed by atoms with Crippen LogP contribution >= 0.6 is 0 Å². The van der Waals surface area contributed by atoms with E-state index in [1.165, 1.54) is 24.3 Å². The van der Waals surface area contributed by atoms with Crippen LogP contribution in [0.3, 0.4) is 0 Å². The van der Waals surface area contributed by atoms with Gasteiger partial charge in [0.1, 0.15) is 11.5 Å². The van der Waals surface area contributed by atoms with E-state index in [1.54, 1.807) is 36.3 Å². The minimum absolute atomic E-state index is 0.0708. The lowest BCUT2D eigenvalue weighted by molar-refractivity contribution is -0.274. The largest absolute Gasteiger partial charge is 0.573 e. The Labute approximate surface area is 169 Å². The van der Waals surface area contributed by atoms with Gasteiger partial charge in [-0.2, -0.15) is 4.98 Å². The van der Waals surface area contributed by atoms with Gasteiger partial charge in [-0.25, -0.2) is 0 Å². The lowest BCUT2D eigenvalue weighted by atomic mass is 10.1. The van der Waals surface area contributed by atoms with Crippen LogP contribution in [0.5, 0.6) is 11.5 Å².